The van der Waals surface area contributed by atoms with E-state index in [-0.39, 0.29) is 0 Å². The minimum absolute atomic E-state index is 0.379. The number of ether oxygens (including phenoxy) is 1. The Morgan fingerprint density at radius 2 is 1.89 bits per heavy atom. The molecular weight excluding hydrogens is 370 g/mol. The van der Waals surface area contributed by atoms with Crippen molar-refractivity contribution in [3.05, 3.63) is 59.1 Å². The van der Waals surface area contributed by atoms with Crippen molar-refractivity contribution in [1.29, 1.82) is 0 Å². The minimum atomic E-state index is 0.379. The van der Waals surface area contributed by atoms with Crippen LogP contribution in [0.3, 0.4) is 0 Å². The van der Waals surface area contributed by atoms with Gasteiger partial charge in [0.15, 0.2) is 10.6 Å². The van der Waals surface area contributed by atoms with Gasteiger partial charge in [0.2, 0.25) is 0 Å². The van der Waals surface area contributed by atoms with E-state index in [1.54, 1.807) is 12.4 Å². The van der Waals surface area contributed by atoms with Gasteiger partial charge < -0.3 is 9.30 Å². The normalized spacial score (nSPS) is 17.1. The van der Waals surface area contributed by atoms with Crippen molar-refractivity contribution in [2.45, 2.75) is 32.5 Å². The Hall–Kier alpha value is -2.51. The van der Waals surface area contributed by atoms with Crippen molar-refractivity contribution < 1.29 is 4.74 Å². The van der Waals surface area contributed by atoms with Crippen molar-refractivity contribution in [2.24, 2.45) is 7.05 Å². The van der Waals surface area contributed by atoms with E-state index in [1.807, 2.05) is 35.4 Å². The maximum absolute atomic E-state index is 5.65. The standard InChI is InChI=1S/C21H25N5OS/c1-3-27-18-8-6-16(7-9-18)19-5-4-14-25(19)15-26-21(28)24(2)20(23-26)17-10-12-22-13-11-17/h6-13,19H,3-5,14-15H2,1-2H3/t19-/m0/s1. The summed E-state index contributed by atoms with van der Waals surface area (Å²) in [6, 6.07) is 12.8. The molecule has 0 radical (unpaired) electrons. The van der Waals surface area contributed by atoms with Gasteiger partial charge in [-0.05, 0) is 61.8 Å². The lowest BCUT2D eigenvalue weighted by Gasteiger charge is -2.24. The Bertz CT molecular complexity index is 980. The Balaban J connectivity index is 1.56. The number of aromatic nitrogens is 4. The average Bonchev–Trinajstić information content (AvgIpc) is 3.30. The molecule has 1 aliphatic heterocycles. The van der Waals surface area contributed by atoms with Crippen LogP contribution < -0.4 is 4.74 Å². The molecule has 1 aliphatic rings. The average molecular weight is 396 g/mol. The Labute approximate surface area is 170 Å². The first-order valence-corrected chi connectivity index (χ1v) is 10.1. The highest BCUT2D eigenvalue weighted by Crippen LogP contribution is 2.33. The highest BCUT2D eigenvalue weighted by Gasteiger charge is 2.27. The number of pyridine rings is 1. The van der Waals surface area contributed by atoms with Crippen molar-refractivity contribution >= 4 is 12.2 Å². The third kappa shape index (κ3) is 3.72. The van der Waals surface area contributed by atoms with Gasteiger partial charge in [-0.25, -0.2) is 4.68 Å². The van der Waals surface area contributed by atoms with Gasteiger partial charge in [0, 0.05) is 37.6 Å². The maximum atomic E-state index is 5.65. The molecule has 146 valence electrons. The largest absolute Gasteiger partial charge is 0.494 e. The Morgan fingerprint density at radius 3 is 2.61 bits per heavy atom. The number of hydrogen-bond acceptors (Lipinski definition) is 5. The molecule has 3 heterocycles. The summed E-state index contributed by atoms with van der Waals surface area (Å²) in [5.74, 6) is 1.79. The van der Waals surface area contributed by atoms with Crippen molar-refractivity contribution in [2.75, 3.05) is 13.2 Å². The van der Waals surface area contributed by atoms with Gasteiger partial charge in [-0.2, -0.15) is 5.10 Å². The van der Waals surface area contributed by atoms with E-state index < -0.39 is 0 Å². The second-order valence-corrected chi connectivity index (χ2v) is 7.38. The highest BCUT2D eigenvalue weighted by atomic mass is 32.1. The van der Waals surface area contributed by atoms with Crippen LogP contribution in [0.25, 0.3) is 11.4 Å². The van der Waals surface area contributed by atoms with E-state index in [0.717, 1.165) is 34.9 Å². The van der Waals surface area contributed by atoms with Crippen molar-refractivity contribution in [1.82, 2.24) is 24.2 Å². The molecular formula is C21H25N5OS. The number of likely N-dealkylation sites (tertiary alicyclic amines) is 1. The van der Waals surface area contributed by atoms with E-state index in [0.29, 0.717) is 19.3 Å². The molecule has 0 amide bonds. The summed E-state index contributed by atoms with van der Waals surface area (Å²) in [6.07, 6.45) is 5.88. The number of benzene rings is 1. The van der Waals surface area contributed by atoms with Crippen LogP contribution in [0.1, 0.15) is 31.4 Å². The third-order valence-corrected chi connectivity index (χ3v) is 5.72. The molecule has 0 saturated carbocycles. The summed E-state index contributed by atoms with van der Waals surface area (Å²) in [7, 11) is 1.97. The summed E-state index contributed by atoms with van der Waals surface area (Å²) in [5.41, 5.74) is 2.34. The van der Waals surface area contributed by atoms with Crippen molar-refractivity contribution in [3.63, 3.8) is 0 Å². The quantitative estimate of drug-likeness (QED) is 0.585. The lowest BCUT2D eigenvalue weighted by Crippen LogP contribution is -2.27. The van der Waals surface area contributed by atoms with Crippen LogP contribution in [0.4, 0.5) is 0 Å². The molecule has 3 aromatic rings. The first kappa shape index (κ1) is 18.8. The summed E-state index contributed by atoms with van der Waals surface area (Å²) in [5, 5.41) is 4.80. The minimum Gasteiger partial charge on any atom is -0.494 e. The first-order valence-electron chi connectivity index (χ1n) is 9.68. The molecule has 0 unspecified atom stereocenters. The zero-order valence-corrected chi connectivity index (χ0v) is 17.1. The molecule has 0 N–H and O–H groups in total. The number of rotatable bonds is 6. The second-order valence-electron chi connectivity index (χ2n) is 7.01. The fourth-order valence-corrected chi connectivity index (χ4v) is 4.02. The van der Waals surface area contributed by atoms with Crippen LogP contribution >= 0.6 is 12.2 Å². The molecule has 1 aromatic carbocycles. The fraction of sp³-hybridized carbons (Fsp3) is 0.381. The van der Waals surface area contributed by atoms with Gasteiger partial charge in [0.05, 0.1) is 13.3 Å². The molecule has 6 nitrogen and oxygen atoms in total. The summed E-state index contributed by atoms with van der Waals surface area (Å²) in [6.45, 7) is 4.42. The summed E-state index contributed by atoms with van der Waals surface area (Å²) < 4.78 is 10.2. The lowest BCUT2D eigenvalue weighted by molar-refractivity contribution is 0.190. The number of hydrogen-bond donors (Lipinski definition) is 0. The van der Waals surface area contributed by atoms with E-state index in [2.05, 4.69) is 34.1 Å². The summed E-state index contributed by atoms with van der Waals surface area (Å²) in [4.78, 5) is 6.54. The monoisotopic (exact) mass is 395 g/mol. The van der Waals surface area contributed by atoms with Gasteiger partial charge in [0.1, 0.15) is 5.75 Å². The van der Waals surface area contributed by atoms with Crippen molar-refractivity contribution in [3.8, 4) is 17.1 Å². The molecule has 0 spiro atoms. The fourth-order valence-electron chi connectivity index (χ4n) is 3.83. The zero-order valence-electron chi connectivity index (χ0n) is 16.3. The van der Waals surface area contributed by atoms with E-state index >= 15 is 0 Å². The van der Waals surface area contributed by atoms with Gasteiger partial charge >= 0.3 is 0 Å². The first-order chi connectivity index (χ1) is 13.7. The van der Waals surface area contributed by atoms with E-state index in [1.165, 1.54) is 12.0 Å². The predicted molar refractivity (Wildman–Crippen MR) is 112 cm³/mol. The third-order valence-electron chi connectivity index (χ3n) is 5.23. The van der Waals surface area contributed by atoms with E-state index in [4.69, 9.17) is 22.1 Å². The van der Waals surface area contributed by atoms with Crippen LogP contribution in [-0.4, -0.2) is 37.4 Å². The Kier molecular flexibility index (Phi) is 5.54. The molecule has 4 rings (SSSR count). The molecule has 7 heteroatoms. The van der Waals surface area contributed by atoms with Gasteiger partial charge in [0.25, 0.3) is 0 Å². The topological polar surface area (TPSA) is 48.1 Å². The maximum Gasteiger partial charge on any atom is 0.199 e. The van der Waals surface area contributed by atoms with Crippen LogP contribution in [-0.2, 0) is 13.7 Å². The second kappa shape index (κ2) is 8.24. The van der Waals surface area contributed by atoms with Crippen LogP contribution in [0.5, 0.6) is 5.75 Å². The van der Waals surface area contributed by atoms with Gasteiger partial charge in [-0.15, -0.1) is 0 Å². The van der Waals surface area contributed by atoms with Gasteiger partial charge in [-0.3, -0.25) is 9.88 Å². The molecule has 1 atom stereocenters. The van der Waals surface area contributed by atoms with Gasteiger partial charge in [-0.1, -0.05) is 12.1 Å². The smallest absolute Gasteiger partial charge is 0.199 e. The number of nitrogens with zero attached hydrogens (tertiary/aromatic N) is 5. The van der Waals surface area contributed by atoms with E-state index in [9.17, 15) is 0 Å². The molecule has 1 saturated heterocycles. The SMILES string of the molecule is CCOc1ccc([C@@H]2CCCN2Cn2nc(-c3ccncc3)n(C)c2=S)cc1. The van der Waals surface area contributed by atoms with Crippen LogP contribution in [0, 0.1) is 4.77 Å². The highest BCUT2D eigenvalue weighted by molar-refractivity contribution is 7.71. The lowest BCUT2D eigenvalue weighted by atomic mass is 10.0. The predicted octanol–water partition coefficient (Wildman–Crippen LogP) is 4.21. The molecule has 1 fully saturated rings. The summed E-state index contributed by atoms with van der Waals surface area (Å²) >= 11 is 5.65. The molecule has 0 bridgehead atoms. The Morgan fingerprint density at radius 1 is 1.14 bits per heavy atom. The van der Waals surface area contributed by atoms with Crippen LogP contribution in [0.15, 0.2) is 48.8 Å². The molecule has 28 heavy (non-hydrogen) atoms. The molecule has 0 aliphatic carbocycles. The molecule has 2 aromatic heterocycles. The van der Waals surface area contributed by atoms with Crippen LogP contribution in [0.2, 0.25) is 0 Å². The zero-order chi connectivity index (χ0) is 19.5.